The number of amides is 1. The maximum Gasteiger partial charge on any atom is 0.322 e. The zero-order valence-electron chi connectivity index (χ0n) is 8.38. The van der Waals surface area contributed by atoms with Crippen LogP contribution in [0.25, 0.3) is 0 Å². The molecule has 0 unspecified atom stereocenters. The van der Waals surface area contributed by atoms with Crippen molar-refractivity contribution in [1.29, 1.82) is 0 Å². The third-order valence-electron chi connectivity index (χ3n) is 1.91. The summed E-state index contributed by atoms with van der Waals surface area (Å²) in [5, 5.41) is 10.2. The van der Waals surface area contributed by atoms with E-state index in [0.29, 0.717) is 0 Å². The highest BCUT2D eigenvalue weighted by atomic mass is 19.1. The van der Waals surface area contributed by atoms with Crippen LogP contribution in [0.3, 0.4) is 0 Å². The lowest BCUT2D eigenvalue weighted by Gasteiger charge is -2.06. The number of hydrogen-bond acceptors (Lipinski definition) is 2. The molecule has 0 saturated heterocycles. The molecular formula is C10H9F2NO3. The summed E-state index contributed by atoms with van der Waals surface area (Å²) >= 11 is 0. The Labute approximate surface area is 89.9 Å². The van der Waals surface area contributed by atoms with Crippen LogP contribution in [-0.2, 0) is 4.79 Å². The molecule has 2 N–H and O–H groups in total. The predicted molar refractivity (Wildman–Crippen MR) is 51.1 cm³/mol. The Bertz CT molecular complexity index is 446. The molecule has 0 aromatic heterocycles. The van der Waals surface area contributed by atoms with Crippen LogP contribution in [0.15, 0.2) is 12.1 Å². The van der Waals surface area contributed by atoms with Crippen molar-refractivity contribution in [2.24, 2.45) is 0 Å². The lowest BCUT2D eigenvalue weighted by Crippen LogP contribution is -2.30. The van der Waals surface area contributed by atoms with E-state index >= 15 is 0 Å². The minimum absolute atomic E-state index is 0.113. The van der Waals surface area contributed by atoms with E-state index in [4.69, 9.17) is 5.11 Å². The molecule has 1 rings (SSSR count). The van der Waals surface area contributed by atoms with Gasteiger partial charge in [-0.15, -0.1) is 0 Å². The van der Waals surface area contributed by atoms with Crippen molar-refractivity contribution in [1.82, 2.24) is 5.32 Å². The summed E-state index contributed by atoms with van der Waals surface area (Å²) in [6.07, 6.45) is 0. The molecule has 6 heteroatoms. The third-order valence-corrected chi connectivity index (χ3v) is 1.91. The van der Waals surface area contributed by atoms with Gasteiger partial charge in [0, 0.05) is 0 Å². The van der Waals surface area contributed by atoms with E-state index < -0.39 is 35.6 Å². The number of carboxylic acid groups (broad SMARTS) is 1. The van der Waals surface area contributed by atoms with E-state index in [1.54, 1.807) is 0 Å². The van der Waals surface area contributed by atoms with Crippen molar-refractivity contribution in [2.75, 3.05) is 6.54 Å². The SMILES string of the molecule is Cc1ccc(F)c(C(=O)NCC(=O)O)c1F. The summed E-state index contributed by atoms with van der Waals surface area (Å²) in [5.74, 6) is -4.38. The monoisotopic (exact) mass is 229 g/mol. The number of rotatable bonds is 3. The van der Waals surface area contributed by atoms with Crippen LogP contribution in [0.1, 0.15) is 15.9 Å². The van der Waals surface area contributed by atoms with Gasteiger partial charge in [-0.2, -0.15) is 0 Å². The maximum atomic E-state index is 13.4. The van der Waals surface area contributed by atoms with Gasteiger partial charge in [0.1, 0.15) is 23.7 Å². The lowest BCUT2D eigenvalue weighted by molar-refractivity contribution is -0.135. The number of aryl methyl sites for hydroxylation is 1. The van der Waals surface area contributed by atoms with Crippen LogP contribution < -0.4 is 5.32 Å². The Morgan fingerprint density at radius 2 is 2.00 bits per heavy atom. The van der Waals surface area contributed by atoms with Crippen LogP contribution >= 0.6 is 0 Å². The Morgan fingerprint density at radius 3 is 2.56 bits per heavy atom. The number of aliphatic carboxylic acids is 1. The summed E-state index contributed by atoms with van der Waals surface area (Å²) < 4.78 is 26.5. The lowest BCUT2D eigenvalue weighted by atomic mass is 10.1. The highest BCUT2D eigenvalue weighted by molar-refractivity contribution is 5.96. The molecule has 0 atom stereocenters. The van der Waals surface area contributed by atoms with Crippen molar-refractivity contribution in [3.63, 3.8) is 0 Å². The summed E-state index contributed by atoms with van der Waals surface area (Å²) in [6, 6.07) is 2.15. The van der Waals surface area contributed by atoms with Gasteiger partial charge in [0.2, 0.25) is 0 Å². The molecule has 0 radical (unpaired) electrons. The third kappa shape index (κ3) is 2.53. The van der Waals surface area contributed by atoms with Crippen molar-refractivity contribution in [3.8, 4) is 0 Å². The second kappa shape index (κ2) is 4.69. The topological polar surface area (TPSA) is 66.4 Å². The van der Waals surface area contributed by atoms with Gasteiger partial charge in [-0.25, -0.2) is 8.78 Å². The fourth-order valence-electron chi connectivity index (χ4n) is 1.11. The van der Waals surface area contributed by atoms with Gasteiger partial charge in [0.05, 0.1) is 0 Å². The summed E-state index contributed by atoms with van der Waals surface area (Å²) in [6.45, 7) is 0.689. The normalized spacial score (nSPS) is 9.94. The number of carboxylic acids is 1. The zero-order chi connectivity index (χ0) is 12.3. The molecule has 1 amide bonds. The minimum atomic E-state index is -1.29. The van der Waals surface area contributed by atoms with E-state index in [0.717, 1.165) is 6.07 Å². The van der Waals surface area contributed by atoms with E-state index in [1.807, 2.05) is 5.32 Å². The molecule has 16 heavy (non-hydrogen) atoms. The molecule has 0 saturated carbocycles. The minimum Gasteiger partial charge on any atom is -0.480 e. The first-order valence-corrected chi connectivity index (χ1v) is 4.38. The highest BCUT2D eigenvalue weighted by Gasteiger charge is 2.19. The quantitative estimate of drug-likeness (QED) is 0.815. The Morgan fingerprint density at radius 1 is 1.38 bits per heavy atom. The Balaban J connectivity index is 2.99. The molecular weight excluding hydrogens is 220 g/mol. The van der Waals surface area contributed by atoms with Crippen LogP contribution in [0.2, 0.25) is 0 Å². The molecule has 86 valence electrons. The summed E-state index contributed by atoms with van der Waals surface area (Å²) in [5.41, 5.74) is -0.650. The number of carbonyl (C=O) groups excluding carboxylic acids is 1. The van der Waals surface area contributed by atoms with E-state index in [9.17, 15) is 18.4 Å². The molecule has 4 nitrogen and oxygen atoms in total. The van der Waals surface area contributed by atoms with Crippen LogP contribution in [0, 0.1) is 18.6 Å². The first-order valence-electron chi connectivity index (χ1n) is 4.38. The second-order valence-electron chi connectivity index (χ2n) is 3.13. The van der Waals surface area contributed by atoms with Gasteiger partial charge >= 0.3 is 5.97 Å². The standard InChI is InChI=1S/C10H9F2NO3/c1-5-2-3-6(11)8(9(5)12)10(16)13-4-7(14)15/h2-3H,4H2,1H3,(H,13,16)(H,14,15). The Kier molecular flexibility index (Phi) is 3.55. The number of halogens is 2. The molecule has 0 aliphatic rings. The number of benzene rings is 1. The highest BCUT2D eigenvalue weighted by Crippen LogP contribution is 2.15. The molecule has 0 aliphatic heterocycles. The fraction of sp³-hybridized carbons (Fsp3) is 0.200. The zero-order valence-corrected chi connectivity index (χ0v) is 8.38. The first kappa shape index (κ1) is 12.1. The maximum absolute atomic E-state index is 13.4. The number of hydrogen-bond donors (Lipinski definition) is 2. The average Bonchev–Trinajstić information content (AvgIpc) is 2.21. The average molecular weight is 229 g/mol. The van der Waals surface area contributed by atoms with Gasteiger partial charge in [0.15, 0.2) is 0 Å². The Hall–Kier alpha value is -1.98. The van der Waals surface area contributed by atoms with Crippen LogP contribution in [-0.4, -0.2) is 23.5 Å². The first-order chi connectivity index (χ1) is 7.43. The van der Waals surface area contributed by atoms with Crippen LogP contribution in [0.4, 0.5) is 8.78 Å². The largest absolute Gasteiger partial charge is 0.480 e. The predicted octanol–water partition coefficient (Wildman–Crippen LogP) is 1.09. The van der Waals surface area contributed by atoms with Crippen molar-refractivity contribution in [3.05, 3.63) is 34.9 Å². The molecule has 0 bridgehead atoms. The number of carbonyl (C=O) groups is 2. The summed E-state index contributed by atoms with van der Waals surface area (Å²) in [7, 11) is 0. The smallest absolute Gasteiger partial charge is 0.322 e. The van der Waals surface area contributed by atoms with Gasteiger partial charge in [0.25, 0.3) is 5.91 Å². The fourth-order valence-corrected chi connectivity index (χ4v) is 1.11. The summed E-state index contributed by atoms with van der Waals surface area (Å²) in [4.78, 5) is 21.5. The number of nitrogens with one attached hydrogen (secondary N) is 1. The van der Waals surface area contributed by atoms with Crippen molar-refractivity contribution in [2.45, 2.75) is 6.92 Å². The van der Waals surface area contributed by atoms with Crippen molar-refractivity contribution >= 4 is 11.9 Å². The second-order valence-corrected chi connectivity index (χ2v) is 3.13. The van der Waals surface area contributed by atoms with Crippen molar-refractivity contribution < 1.29 is 23.5 Å². The van der Waals surface area contributed by atoms with Gasteiger partial charge in [-0.1, -0.05) is 6.07 Å². The van der Waals surface area contributed by atoms with Gasteiger partial charge in [-0.05, 0) is 18.6 Å². The molecule has 1 aromatic carbocycles. The van der Waals surface area contributed by atoms with E-state index in [-0.39, 0.29) is 5.56 Å². The molecule has 0 spiro atoms. The molecule has 0 aliphatic carbocycles. The van der Waals surface area contributed by atoms with Gasteiger partial charge < -0.3 is 10.4 Å². The molecule has 0 heterocycles. The van der Waals surface area contributed by atoms with Crippen LogP contribution in [0.5, 0.6) is 0 Å². The molecule has 1 aromatic rings. The van der Waals surface area contributed by atoms with E-state index in [2.05, 4.69) is 0 Å². The van der Waals surface area contributed by atoms with E-state index in [1.165, 1.54) is 13.0 Å². The molecule has 0 fully saturated rings. The van der Waals surface area contributed by atoms with Gasteiger partial charge in [-0.3, -0.25) is 9.59 Å².